The predicted molar refractivity (Wildman–Crippen MR) is 116 cm³/mol. The fourth-order valence-corrected chi connectivity index (χ4v) is 4.53. The topological polar surface area (TPSA) is 93.7 Å². The van der Waals surface area contributed by atoms with Crippen LogP contribution >= 0.6 is 11.8 Å². The van der Waals surface area contributed by atoms with Crippen LogP contribution in [0.1, 0.15) is 0 Å². The third kappa shape index (κ3) is 4.87. The molecule has 0 saturated carbocycles. The predicted octanol–water partition coefficient (Wildman–Crippen LogP) is 3.95. The van der Waals surface area contributed by atoms with Crippen molar-refractivity contribution in [3.8, 4) is 11.5 Å². The van der Waals surface area contributed by atoms with E-state index in [2.05, 4.69) is 10.0 Å². The van der Waals surface area contributed by atoms with Crippen molar-refractivity contribution in [3.05, 3.63) is 72.8 Å². The van der Waals surface area contributed by atoms with Crippen LogP contribution in [0.3, 0.4) is 0 Å². The quantitative estimate of drug-likeness (QED) is 0.538. The Morgan fingerprint density at radius 1 is 0.900 bits per heavy atom. The number of sulfonamides is 1. The summed E-state index contributed by atoms with van der Waals surface area (Å²) in [5, 5.41) is 2.82. The van der Waals surface area contributed by atoms with Gasteiger partial charge in [-0.1, -0.05) is 18.2 Å². The lowest BCUT2D eigenvalue weighted by Gasteiger charge is -2.09. The second kappa shape index (κ2) is 8.68. The van der Waals surface area contributed by atoms with E-state index in [1.165, 1.54) is 23.9 Å². The maximum absolute atomic E-state index is 12.4. The zero-order valence-electron chi connectivity index (χ0n) is 15.7. The van der Waals surface area contributed by atoms with Crippen molar-refractivity contribution in [1.29, 1.82) is 0 Å². The van der Waals surface area contributed by atoms with Gasteiger partial charge in [0.25, 0.3) is 10.0 Å². The molecule has 0 bridgehead atoms. The zero-order chi connectivity index (χ0) is 21.0. The molecule has 30 heavy (non-hydrogen) atoms. The Morgan fingerprint density at radius 2 is 1.60 bits per heavy atom. The largest absolute Gasteiger partial charge is 0.454 e. The van der Waals surface area contributed by atoms with E-state index < -0.39 is 10.0 Å². The number of thioether (sulfide) groups is 1. The first-order chi connectivity index (χ1) is 14.5. The van der Waals surface area contributed by atoms with Crippen LogP contribution in [0, 0.1) is 0 Å². The lowest BCUT2D eigenvalue weighted by molar-refractivity contribution is -0.113. The van der Waals surface area contributed by atoms with Crippen molar-refractivity contribution in [2.45, 2.75) is 9.79 Å². The molecule has 9 heteroatoms. The van der Waals surface area contributed by atoms with Crippen LogP contribution in [0.25, 0.3) is 0 Å². The molecule has 154 valence electrons. The normalized spacial score (nSPS) is 12.4. The molecule has 4 rings (SSSR count). The van der Waals surface area contributed by atoms with Crippen molar-refractivity contribution in [3.63, 3.8) is 0 Å². The Balaban J connectivity index is 1.31. The van der Waals surface area contributed by atoms with Crippen LogP contribution in [0.5, 0.6) is 11.5 Å². The fourth-order valence-electron chi connectivity index (χ4n) is 2.75. The van der Waals surface area contributed by atoms with Crippen LogP contribution in [0.15, 0.2) is 82.6 Å². The lowest BCUT2D eigenvalue weighted by Crippen LogP contribution is -2.14. The number of benzene rings is 3. The van der Waals surface area contributed by atoms with Crippen molar-refractivity contribution in [2.75, 3.05) is 22.6 Å². The van der Waals surface area contributed by atoms with E-state index in [0.29, 0.717) is 22.9 Å². The molecule has 0 aliphatic carbocycles. The molecule has 0 unspecified atom stereocenters. The number of nitrogens with one attached hydrogen (secondary N) is 2. The Morgan fingerprint density at radius 3 is 2.37 bits per heavy atom. The molecule has 0 atom stereocenters. The molecule has 1 aliphatic heterocycles. The molecule has 1 aliphatic rings. The van der Waals surface area contributed by atoms with E-state index >= 15 is 0 Å². The average Bonchev–Trinajstić information content (AvgIpc) is 3.22. The van der Waals surface area contributed by atoms with Gasteiger partial charge in [0.05, 0.1) is 10.6 Å². The monoisotopic (exact) mass is 442 g/mol. The van der Waals surface area contributed by atoms with Crippen LogP contribution in [0.4, 0.5) is 11.4 Å². The minimum Gasteiger partial charge on any atom is -0.454 e. The Kier molecular flexibility index (Phi) is 5.82. The Hall–Kier alpha value is -3.17. The van der Waals surface area contributed by atoms with Crippen LogP contribution in [-0.2, 0) is 14.8 Å². The van der Waals surface area contributed by atoms with Crippen molar-refractivity contribution < 1.29 is 22.7 Å². The number of hydrogen-bond donors (Lipinski definition) is 2. The number of carbonyl (C=O) groups is 1. The fraction of sp³-hybridized carbons (Fsp3) is 0.0952. The molecular weight excluding hydrogens is 424 g/mol. The smallest absolute Gasteiger partial charge is 0.261 e. The molecule has 0 radical (unpaired) electrons. The van der Waals surface area contributed by atoms with Gasteiger partial charge in [-0.05, 0) is 48.5 Å². The van der Waals surface area contributed by atoms with Gasteiger partial charge in [0.2, 0.25) is 12.7 Å². The second-order valence-corrected chi connectivity index (χ2v) is 9.08. The Bertz CT molecular complexity index is 1150. The highest BCUT2D eigenvalue weighted by molar-refractivity contribution is 8.00. The van der Waals surface area contributed by atoms with Gasteiger partial charge in [-0.25, -0.2) is 8.42 Å². The minimum atomic E-state index is -3.63. The minimum absolute atomic E-state index is 0.160. The summed E-state index contributed by atoms with van der Waals surface area (Å²) in [5.74, 6) is 1.32. The van der Waals surface area contributed by atoms with Crippen molar-refractivity contribution in [2.24, 2.45) is 0 Å². The van der Waals surface area contributed by atoms with Crippen LogP contribution in [0.2, 0.25) is 0 Å². The summed E-state index contributed by atoms with van der Waals surface area (Å²) in [6.07, 6.45) is 0. The molecule has 0 spiro atoms. The Labute approximate surface area is 178 Å². The SMILES string of the molecule is O=C(CSc1ccc(NS(=O)(=O)c2ccccc2)cc1)Nc1ccc2c(c1)OCO2. The lowest BCUT2D eigenvalue weighted by atomic mass is 10.3. The molecule has 1 amide bonds. The van der Waals surface area contributed by atoms with Crippen LogP contribution < -0.4 is 19.5 Å². The highest BCUT2D eigenvalue weighted by atomic mass is 32.2. The number of hydrogen-bond acceptors (Lipinski definition) is 6. The highest BCUT2D eigenvalue weighted by Crippen LogP contribution is 2.34. The highest BCUT2D eigenvalue weighted by Gasteiger charge is 2.15. The number of ether oxygens (including phenoxy) is 2. The first-order valence-corrected chi connectivity index (χ1v) is 11.5. The van der Waals surface area contributed by atoms with E-state index in [4.69, 9.17) is 9.47 Å². The molecule has 1 heterocycles. The van der Waals surface area contributed by atoms with E-state index in [9.17, 15) is 13.2 Å². The van der Waals surface area contributed by atoms with Gasteiger partial charge in [-0.3, -0.25) is 9.52 Å². The van der Waals surface area contributed by atoms with E-state index in [1.54, 1.807) is 60.7 Å². The number of carbonyl (C=O) groups excluding carboxylic acids is 1. The van der Waals surface area contributed by atoms with Crippen LogP contribution in [-0.4, -0.2) is 26.9 Å². The van der Waals surface area contributed by atoms with Gasteiger partial charge in [-0.15, -0.1) is 11.8 Å². The van der Waals surface area contributed by atoms with Crippen molar-refractivity contribution in [1.82, 2.24) is 0 Å². The summed E-state index contributed by atoms with van der Waals surface area (Å²) < 4.78 is 37.8. The standard InChI is InChI=1S/C21H18N2O5S2/c24-21(22-16-8-11-19-20(12-16)28-14-27-19)13-29-17-9-6-15(7-10-17)23-30(25,26)18-4-2-1-3-5-18/h1-12,23H,13-14H2,(H,22,24). The zero-order valence-corrected chi connectivity index (χ0v) is 17.3. The van der Waals surface area contributed by atoms with Gasteiger partial charge < -0.3 is 14.8 Å². The van der Waals surface area contributed by atoms with E-state index in [0.717, 1.165) is 4.90 Å². The summed E-state index contributed by atoms with van der Waals surface area (Å²) in [4.78, 5) is 13.2. The molecule has 2 N–H and O–H groups in total. The number of fused-ring (bicyclic) bond motifs is 1. The molecule has 3 aromatic carbocycles. The van der Waals surface area contributed by atoms with Gasteiger partial charge in [-0.2, -0.15) is 0 Å². The van der Waals surface area contributed by atoms with Gasteiger partial charge in [0.15, 0.2) is 11.5 Å². The molecular formula is C21H18N2O5S2. The number of amides is 1. The molecule has 0 aromatic heterocycles. The summed E-state index contributed by atoms with van der Waals surface area (Å²) in [6, 6.07) is 20.2. The first-order valence-electron chi connectivity index (χ1n) is 9.00. The van der Waals surface area contributed by atoms with Gasteiger partial charge in [0, 0.05) is 22.3 Å². The maximum atomic E-state index is 12.4. The molecule has 7 nitrogen and oxygen atoms in total. The first kappa shape index (κ1) is 20.1. The summed E-state index contributed by atoms with van der Waals surface area (Å²) in [7, 11) is -3.63. The number of anilines is 2. The third-order valence-corrected chi connectivity index (χ3v) is 6.60. The molecule has 3 aromatic rings. The number of rotatable bonds is 7. The second-order valence-electron chi connectivity index (χ2n) is 6.35. The maximum Gasteiger partial charge on any atom is 0.261 e. The summed E-state index contributed by atoms with van der Waals surface area (Å²) >= 11 is 1.35. The van der Waals surface area contributed by atoms with Crippen molar-refractivity contribution >= 4 is 39.1 Å². The van der Waals surface area contributed by atoms with E-state index in [1.807, 2.05) is 0 Å². The molecule has 0 fully saturated rings. The summed E-state index contributed by atoms with van der Waals surface area (Å²) in [5.41, 5.74) is 1.09. The molecule has 0 saturated heterocycles. The van der Waals surface area contributed by atoms with Gasteiger partial charge >= 0.3 is 0 Å². The summed E-state index contributed by atoms with van der Waals surface area (Å²) in [6.45, 7) is 0.181. The third-order valence-electron chi connectivity index (χ3n) is 4.19. The van der Waals surface area contributed by atoms with Gasteiger partial charge in [0.1, 0.15) is 0 Å². The van der Waals surface area contributed by atoms with E-state index in [-0.39, 0.29) is 23.3 Å². The average molecular weight is 443 g/mol.